The third kappa shape index (κ3) is 6.59. The topological polar surface area (TPSA) is 71.2 Å². The summed E-state index contributed by atoms with van der Waals surface area (Å²) in [5, 5.41) is 11.1. The number of ether oxygens (including phenoxy) is 1. The summed E-state index contributed by atoms with van der Waals surface area (Å²) in [5.74, 6) is 0.421. The van der Waals surface area contributed by atoms with E-state index in [-0.39, 0.29) is 24.9 Å². The van der Waals surface area contributed by atoms with Crippen LogP contribution in [0.15, 0.2) is 109 Å². The number of nitrogens with zero attached hydrogens (tertiary/aromatic N) is 4. The Bertz CT molecular complexity index is 2120. The van der Waals surface area contributed by atoms with Crippen molar-refractivity contribution in [3.05, 3.63) is 159 Å². The minimum atomic E-state index is -0.128. The van der Waals surface area contributed by atoms with Gasteiger partial charge in [-0.2, -0.15) is 5.26 Å². The van der Waals surface area contributed by atoms with Gasteiger partial charge in [-0.15, -0.1) is 0 Å². The predicted octanol–water partition coefficient (Wildman–Crippen LogP) is 9.02. The van der Waals surface area contributed by atoms with Crippen LogP contribution in [0.25, 0.3) is 10.9 Å². The largest absolute Gasteiger partial charge is 0.487 e. The quantitative estimate of drug-likeness (QED) is 0.155. The zero-order valence-electron chi connectivity index (χ0n) is 26.2. The van der Waals surface area contributed by atoms with Gasteiger partial charge in [-0.1, -0.05) is 83.9 Å². The first-order valence-corrected chi connectivity index (χ1v) is 15.9. The van der Waals surface area contributed by atoms with Crippen molar-refractivity contribution in [2.24, 2.45) is 7.05 Å². The molecule has 0 aliphatic heterocycles. The number of carbonyl (C=O) groups excluding carboxylic acids is 1. The van der Waals surface area contributed by atoms with Crippen molar-refractivity contribution in [3.63, 3.8) is 0 Å². The number of para-hydroxylation sites is 1. The smallest absolute Gasteiger partial charge is 0.232 e. The van der Waals surface area contributed by atoms with E-state index in [9.17, 15) is 10.1 Å². The third-order valence-corrected chi connectivity index (χ3v) is 9.27. The van der Waals surface area contributed by atoms with Crippen LogP contribution in [-0.4, -0.2) is 22.5 Å². The summed E-state index contributed by atoms with van der Waals surface area (Å²) in [7, 11) is 3.69. The monoisotopic (exact) mass is 658 g/mol. The molecular weight excluding hydrogens is 627 g/mol. The van der Waals surface area contributed by atoms with Crippen LogP contribution in [0.3, 0.4) is 0 Å². The normalized spacial score (nSPS) is 11.7. The van der Waals surface area contributed by atoms with Crippen LogP contribution in [0.1, 0.15) is 45.3 Å². The van der Waals surface area contributed by atoms with E-state index in [1.165, 1.54) is 0 Å². The average molecular weight is 660 g/mol. The highest BCUT2D eigenvalue weighted by Crippen LogP contribution is 2.36. The second-order valence-electron chi connectivity index (χ2n) is 11.4. The maximum Gasteiger partial charge on any atom is 0.232 e. The lowest BCUT2D eigenvalue weighted by atomic mass is 9.88. The van der Waals surface area contributed by atoms with Crippen molar-refractivity contribution < 1.29 is 9.53 Å². The summed E-state index contributed by atoms with van der Waals surface area (Å²) in [4.78, 5) is 19.9. The minimum absolute atomic E-state index is 0.0790. The molecule has 4 aromatic carbocycles. The van der Waals surface area contributed by atoms with Crippen molar-refractivity contribution in [3.8, 4) is 11.8 Å². The first kappa shape index (κ1) is 31.9. The van der Waals surface area contributed by atoms with Gasteiger partial charge in [-0.3, -0.25) is 4.79 Å². The van der Waals surface area contributed by atoms with E-state index in [1.54, 1.807) is 24.1 Å². The zero-order valence-corrected chi connectivity index (χ0v) is 27.8. The van der Waals surface area contributed by atoms with Gasteiger partial charge in [0.05, 0.1) is 28.8 Å². The molecule has 0 saturated carbocycles. The minimum Gasteiger partial charge on any atom is -0.487 e. The lowest BCUT2D eigenvalue weighted by Crippen LogP contribution is -2.29. The lowest BCUT2D eigenvalue weighted by Gasteiger charge is -2.22. The van der Waals surface area contributed by atoms with Crippen molar-refractivity contribution in [1.29, 1.82) is 5.26 Å². The number of hydrogen-bond acceptors (Lipinski definition) is 4. The van der Waals surface area contributed by atoms with Crippen LogP contribution in [0.2, 0.25) is 10.0 Å². The number of amides is 1. The van der Waals surface area contributed by atoms with Crippen molar-refractivity contribution in [2.75, 3.05) is 11.9 Å². The molecule has 0 saturated heterocycles. The molecule has 6 nitrogen and oxygen atoms in total. The first-order chi connectivity index (χ1) is 22.7. The van der Waals surface area contributed by atoms with Crippen molar-refractivity contribution in [2.45, 2.75) is 25.9 Å². The van der Waals surface area contributed by atoms with E-state index in [1.807, 2.05) is 92.8 Å². The van der Waals surface area contributed by atoms with E-state index in [2.05, 4.69) is 33.8 Å². The maximum absolute atomic E-state index is 13.7. The van der Waals surface area contributed by atoms with Gasteiger partial charge in [0.15, 0.2) is 0 Å². The number of aryl methyl sites for hydroxylation is 1. The molecule has 0 aliphatic carbocycles. The van der Waals surface area contributed by atoms with Crippen LogP contribution in [-0.2, 0) is 24.9 Å². The second-order valence-corrected chi connectivity index (χ2v) is 12.2. The molecule has 2 heterocycles. The molecule has 8 heteroatoms. The molecule has 0 spiro atoms. The van der Waals surface area contributed by atoms with Gasteiger partial charge >= 0.3 is 0 Å². The van der Waals surface area contributed by atoms with Crippen LogP contribution >= 0.6 is 23.2 Å². The fourth-order valence-corrected chi connectivity index (χ4v) is 6.44. The van der Waals surface area contributed by atoms with E-state index in [4.69, 9.17) is 27.9 Å². The Morgan fingerprint density at radius 2 is 1.66 bits per heavy atom. The number of hydrogen-bond donors (Lipinski definition) is 0. The molecule has 234 valence electrons. The van der Waals surface area contributed by atoms with E-state index in [0.717, 1.165) is 39.1 Å². The van der Waals surface area contributed by atoms with Gasteiger partial charge in [0.25, 0.3) is 0 Å². The number of carbonyl (C=O) groups is 1. The van der Waals surface area contributed by atoms with Gasteiger partial charge in [-0.25, -0.2) is 4.98 Å². The molecule has 0 N–H and O–H groups in total. The number of nitriles is 1. The Labute approximate surface area is 284 Å². The summed E-state index contributed by atoms with van der Waals surface area (Å²) in [6.07, 6.45) is 0.160. The van der Waals surface area contributed by atoms with E-state index < -0.39 is 0 Å². The highest BCUT2D eigenvalue weighted by atomic mass is 35.5. The molecule has 1 amide bonds. The number of rotatable bonds is 9. The number of anilines is 1. The first-order valence-electron chi connectivity index (χ1n) is 15.2. The van der Waals surface area contributed by atoms with Crippen LogP contribution < -0.4 is 9.64 Å². The van der Waals surface area contributed by atoms with Gasteiger partial charge in [0, 0.05) is 53.1 Å². The Hall–Kier alpha value is -5.09. The highest BCUT2D eigenvalue weighted by Gasteiger charge is 2.24. The molecule has 0 aliphatic rings. The van der Waals surface area contributed by atoms with Gasteiger partial charge < -0.3 is 14.2 Å². The fraction of sp³-hybridized carbons (Fsp3) is 0.154. The number of benzene rings is 4. The zero-order chi connectivity index (χ0) is 33.1. The maximum atomic E-state index is 13.7. The number of likely N-dealkylation sites (N-methyl/N-ethyl adjacent to an activating group) is 1. The highest BCUT2D eigenvalue weighted by molar-refractivity contribution is 6.38. The molecule has 0 radical (unpaired) electrons. The fourth-order valence-electron chi connectivity index (χ4n) is 5.84. The van der Waals surface area contributed by atoms with E-state index in [0.29, 0.717) is 32.6 Å². The summed E-state index contributed by atoms with van der Waals surface area (Å²) in [6.45, 7) is 2.05. The molecule has 6 rings (SSSR count). The van der Waals surface area contributed by atoms with Crippen LogP contribution in [0, 0.1) is 18.3 Å². The molecule has 1 atom stereocenters. The summed E-state index contributed by atoms with van der Waals surface area (Å²) in [5.41, 5.74) is 7.46. The van der Waals surface area contributed by atoms with Crippen LogP contribution in [0.5, 0.6) is 5.75 Å². The van der Waals surface area contributed by atoms with Gasteiger partial charge in [-0.05, 0) is 66.6 Å². The average Bonchev–Trinajstić information content (AvgIpc) is 3.44. The number of pyridine rings is 1. The number of aromatic nitrogens is 2. The lowest BCUT2D eigenvalue weighted by molar-refractivity contribution is -0.117. The molecule has 0 fully saturated rings. The Kier molecular flexibility index (Phi) is 9.31. The molecule has 2 aromatic heterocycles. The molecule has 47 heavy (non-hydrogen) atoms. The number of halogens is 2. The summed E-state index contributed by atoms with van der Waals surface area (Å²) < 4.78 is 8.26. The Morgan fingerprint density at radius 3 is 2.40 bits per heavy atom. The van der Waals surface area contributed by atoms with Crippen molar-refractivity contribution >= 4 is 45.7 Å². The SMILES string of the molecule is Cc1ccc2cccc(OCc3c(Cl)ccc(N(C)C(=O)Cc4ccc(C(c5ccccc5)c5ccc(C#N)cc5)n4C)c3Cl)c2n1. The predicted molar refractivity (Wildman–Crippen MR) is 188 cm³/mol. The number of fused-ring (bicyclic) bond motifs is 1. The molecular formula is C39H32Cl2N4O2. The van der Waals surface area contributed by atoms with Crippen LogP contribution in [0.4, 0.5) is 5.69 Å². The van der Waals surface area contributed by atoms with Gasteiger partial charge in [0.1, 0.15) is 17.9 Å². The molecule has 0 bridgehead atoms. The summed E-state index contributed by atoms with van der Waals surface area (Å²) in [6, 6.07) is 37.3. The van der Waals surface area contributed by atoms with E-state index >= 15 is 0 Å². The Morgan fingerprint density at radius 1 is 0.915 bits per heavy atom. The Balaban J connectivity index is 1.23. The summed E-state index contributed by atoms with van der Waals surface area (Å²) >= 11 is 13.5. The molecule has 6 aromatic rings. The third-order valence-electron chi connectivity index (χ3n) is 8.49. The van der Waals surface area contributed by atoms with Crippen molar-refractivity contribution in [1.82, 2.24) is 9.55 Å². The second kappa shape index (κ2) is 13.7. The standard InChI is InChI=1S/C39H32Cl2N4O2/c1-25-12-15-29-10-7-11-35(39(29)43-25)47-24-31-32(40)19-21-34(38(31)41)45(3)36(46)22-30-18-20-33(44(30)2)37(27-8-5-4-6-9-27)28-16-13-26(23-42)14-17-28/h4-21,37H,22,24H2,1-3H3. The molecule has 1 unspecified atom stereocenters. The van der Waals surface area contributed by atoms with Gasteiger partial charge in [0.2, 0.25) is 5.91 Å².